The first-order chi connectivity index (χ1) is 6.20. The minimum absolute atomic E-state index is 0.303. The van der Waals surface area contributed by atoms with Crippen LogP contribution < -0.4 is 0 Å². The van der Waals surface area contributed by atoms with Crippen molar-refractivity contribution in [3.8, 4) is 5.75 Å². The van der Waals surface area contributed by atoms with Gasteiger partial charge < -0.3 is 5.11 Å². The molecule has 0 saturated heterocycles. The topological polar surface area (TPSA) is 20.2 Å². The smallest absolute Gasteiger partial charge is 0.123 e. The molecule has 0 bridgehead atoms. The third kappa shape index (κ3) is 1.25. The molecule has 0 amide bonds. The summed E-state index contributed by atoms with van der Waals surface area (Å²) >= 11 is 5.96. The van der Waals surface area contributed by atoms with Crippen molar-refractivity contribution in [3.05, 3.63) is 40.9 Å². The van der Waals surface area contributed by atoms with E-state index in [0.717, 1.165) is 21.4 Å². The second-order valence-corrected chi connectivity index (χ2v) is 3.45. The van der Waals surface area contributed by atoms with Crippen LogP contribution in [-0.4, -0.2) is 5.11 Å². The van der Waals surface area contributed by atoms with Gasteiger partial charge in [0.2, 0.25) is 0 Å². The Bertz CT molecular complexity index is 463. The van der Waals surface area contributed by atoms with Gasteiger partial charge in [-0.2, -0.15) is 0 Å². The fourth-order valence-corrected chi connectivity index (χ4v) is 1.63. The molecule has 1 N–H and O–H groups in total. The van der Waals surface area contributed by atoms with E-state index in [0.29, 0.717) is 5.75 Å². The van der Waals surface area contributed by atoms with Crippen LogP contribution in [0, 0.1) is 6.92 Å². The van der Waals surface area contributed by atoms with Crippen molar-refractivity contribution in [3.63, 3.8) is 0 Å². The molecule has 0 aliphatic heterocycles. The largest absolute Gasteiger partial charge is 0.507 e. The van der Waals surface area contributed by atoms with E-state index in [9.17, 15) is 5.11 Å². The normalized spacial score (nSPS) is 10.6. The van der Waals surface area contributed by atoms with Gasteiger partial charge in [0.25, 0.3) is 0 Å². The Morgan fingerprint density at radius 1 is 1.08 bits per heavy atom. The highest BCUT2D eigenvalue weighted by Crippen LogP contribution is 2.30. The summed E-state index contributed by atoms with van der Waals surface area (Å²) in [7, 11) is 0. The first kappa shape index (κ1) is 8.39. The summed E-state index contributed by atoms with van der Waals surface area (Å²) in [5.74, 6) is 0.303. The lowest BCUT2D eigenvalue weighted by molar-refractivity contribution is 0.481. The molecule has 66 valence electrons. The van der Waals surface area contributed by atoms with Crippen LogP contribution in [0.1, 0.15) is 5.56 Å². The predicted molar refractivity (Wildman–Crippen MR) is 55.4 cm³/mol. The Balaban J connectivity index is 2.94. The molecule has 0 fully saturated rings. The van der Waals surface area contributed by atoms with Crippen LogP contribution in [-0.2, 0) is 0 Å². The number of benzene rings is 2. The Hall–Kier alpha value is -1.21. The van der Waals surface area contributed by atoms with E-state index in [2.05, 4.69) is 0 Å². The van der Waals surface area contributed by atoms with Crippen LogP contribution in [0.2, 0.25) is 5.02 Å². The van der Waals surface area contributed by atoms with Gasteiger partial charge in [0, 0.05) is 10.4 Å². The van der Waals surface area contributed by atoms with Gasteiger partial charge in [0.1, 0.15) is 5.75 Å². The van der Waals surface area contributed by atoms with E-state index in [4.69, 9.17) is 11.6 Å². The van der Waals surface area contributed by atoms with E-state index in [1.54, 1.807) is 12.1 Å². The summed E-state index contributed by atoms with van der Waals surface area (Å²) in [6.07, 6.45) is 0. The molecular weight excluding hydrogens is 184 g/mol. The quantitative estimate of drug-likeness (QED) is 0.677. The van der Waals surface area contributed by atoms with Gasteiger partial charge in [-0.1, -0.05) is 23.7 Å². The van der Waals surface area contributed by atoms with Gasteiger partial charge in [-0.05, 0) is 36.1 Å². The molecule has 0 aliphatic rings. The average Bonchev–Trinajstić information content (AvgIpc) is 2.12. The summed E-state index contributed by atoms with van der Waals surface area (Å²) < 4.78 is 0. The first-order valence-electron chi connectivity index (χ1n) is 4.07. The van der Waals surface area contributed by atoms with Crippen molar-refractivity contribution >= 4 is 22.4 Å². The molecule has 0 spiro atoms. The van der Waals surface area contributed by atoms with Crippen molar-refractivity contribution in [2.24, 2.45) is 0 Å². The molecule has 2 rings (SSSR count). The van der Waals surface area contributed by atoms with E-state index < -0.39 is 0 Å². The van der Waals surface area contributed by atoms with Gasteiger partial charge in [-0.25, -0.2) is 0 Å². The zero-order valence-corrected chi connectivity index (χ0v) is 7.97. The van der Waals surface area contributed by atoms with Crippen LogP contribution in [0.4, 0.5) is 0 Å². The molecule has 0 atom stereocenters. The fraction of sp³-hybridized carbons (Fsp3) is 0.0909. The van der Waals surface area contributed by atoms with Crippen LogP contribution >= 0.6 is 11.6 Å². The maximum atomic E-state index is 9.54. The number of hydrogen-bond donors (Lipinski definition) is 1. The van der Waals surface area contributed by atoms with E-state index in [-0.39, 0.29) is 0 Å². The predicted octanol–water partition coefficient (Wildman–Crippen LogP) is 3.51. The van der Waals surface area contributed by atoms with Crippen molar-refractivity contribution in [1.82, 2.24) is 0 Å². The minimum Gasteiger partial charge on any atom is -0.507 e. The van der Waals surface area contributed by atoms with Gasteiger partial charge in [-0.15, -0.1) is 0 Å². The monoisotopic (exact) mass is 192 g/mol. The zero-order chi connectivity index (χ0) is 9.42. The molecule has 0 saturated carbocycles. The summed E-state index contributed by atoms with van der Waals surface area (Å²) in [6.45, 7) is 1.95. The second kappa shape index (κ2) is 2.93. The maximum Gasteiger partial charge on any atom is 0.123 e. The lowest BCUT2D eigenvalue weighted by Crippen LogP contribution is -1.80. The minimum atomic E-state index is 0.303. The van der Waals surface area contributed by atoms with Crippen molar-refractivity contribution in [1.29, 1.82) is 0 Å². The standard InChI is InChI=1S/C11H9ClO/c1-7-8-3-2-4-11(13)9(8)5-6-10(7)12/h2-6,13H,1H3. The van der Waals surface area contributed by atoms with Gasteiger partial charge in [0.15, 0.2) is 0 Å². The number of aromatic hydroxyl groups is 1. The number of halogens is 1. The molecule has 0 unspecified atom stereocenters. The highest BCUT2D eigenvalue weighted by molar-refractivity contribution is 6.32. The number of fused-ring (bicyclic) bond motifs is 1. The van der Waals surface area contributed by atoms with Crippen LogP contribution in [0.3, 0.4) is 0 Å². The second-order valence-electron chi connectivity index (χ2n) is 3.04. The molecule has 2 aromatic rings. The average molecular weight is 193 g/mol. The molecule has 0 aliphatic carbocycles. The third-order valence-electron chi connectivity index (χ3n) is 2.24. The van der Waals surface area contributed by atoms with E-state index >= 15 is 0 Å². The van der Waals surface area contributed by atoms with Crippen molar-refractivity contribution in [2.75, 3.05) is 0 Å². The summed E-state index contributed by atoms with van der Waals surface area (Å²) in [4.78, 5) is 0. The summed E-state index contributed by atoms with van der Waals surface area (Å²) in [6, 6.07) is 9.09. The highest BCUT2D eigenvalue weighted by Gasteiger charge is 2.03. The molecular formula is C11H9ClO. The molecule has 13 heavy (non-hydrogen) atoms. The lowest BCUT2D eigenvalue weighted by atomic mass is 10.1. The van der Waals surface area contributed by atoms with Gasteiger partial charge in [-0.3, -0.25) is 0 Å². The van der Waals surface area contributed by atoms with Gasteiger partial charge >= 0.3 is 0 Å². The fourth-order valence-electron chi connectivity index (χ4n) is 1.47. The SMILES string of the molecule is Cc1c(Cl)ccc2c(O)cccc12. The summed E-state index contributed by atoms with van der Waals surface area (Å²) in [5.41, 5.74) is 1.01. The number of aryl methyl sites for hydroxylation is 1. The van der Waals surface area contributed by atoms with Crippen LogP contribution in [0.25, 0.3) is 10.8 Å². The number of phenols is 1. The summed E-state index contributed by atoms with van der Waals surface area (Å²) in [5, 5.41) is 12.1. The Morgan fingerprint density at radius 3 is 2.62 bits per heavy atom. The van der Waals surface area contributed by atoms with Crippen LogP contribution in [0.15, 0.2) is 30.3 Å². The Morgan fingerprint density at radius 2 is 1.85 bits per heavy atom. The van der Waals surface area contributed by atoms with E-state index in [1.165, 1.54) is 0 Å². The molecule has 0 heterocycles. The van der Waals surface area contributed by atoms with Crippen LogP contribution in [0.5, 0.6) is 5.75 Å². The maximum absolute atomic E-state index is 9.54. The molecule has 0 aromatic heterocycles. The number of hydrogen-bond acceptors (Lipinski definition) is 1. The number of rotatable bonds is 0. The highest BCUT2D eigenvalue weighted by atomic mass is 35.5. The lowest BCUT2D eigenvalue weighted by Gasteiger charge is -2.05. The van der Waals surface area contributed by atoms with Gasteiger partial charge in [0.05, 0.1) is 0 Å². The van der Waals surface area contributed by atoms with E-state index in [1.807, 2.05) is 25.1 Å². The first-order valence-corrected chi connectivity index (χ1v) is 4.45. The molecule has 2 heteroatoms. The number of phenolic OH excluding ortho intramolecular Hbond substituents is 1. The van der Waals surface area contributed by atoms with Crippen molar-refractivity contribution in [2.45, 2.75) is 6.92 Å². The Kier molecular flexibility index (Phi) is 1.89. The molecule has 1 nitrogen and oxygen atoms in total. The Labute approximate surface area is 81.6 Å². The third-order valence-corrected chi connectivity index (χ3v) is 2.65. The zero-order valence-electron chi connectivity index (χ0n) is 7.21. The van der Waals surface area contributed by atoms with Crippen molar-refractivity contribution < 1.29 is 5.11 Å². The molecule has 2 aromatic carbocycles. The molecule has 0 radical (unpaired) electrons.